The smallest absolute Gasteiger partial charge is 0.272 e. The van der Waals surface area contributed by atoms with Gasteiger partial charge >= 0.3 is 0 Å². The van der Waals surface area contributed by atoms with Crippen LogP contribution in [0.5, 0.6) is 0 Å². The van der Waals surface area contributed by atoms with E-state index in [-0.39, 0.29) is 22.4 Å². The summed E-state index contributed by atoms with van der Waals surface area (Å²) in [6.07, 6.45) is 3.20. The molecule has 1 aromatic heterocycles. The molecule has 1 aromatic carbocycles. The van der Waals surface area contributed by atoms with Crippen LogP contribution in [0.2, 0.25) is 0 Å². The lowest BCUT2D eigenvalue weighted by Gasteiger charge is -2.07. The Morgan fingerprint density at radius 1 is 1.17 bits per heavy atom. The zero-order valence-corrected chi connectivity index (χ0v) is 13.8. The molecule has 1 heterocycles. The highest BCUT2D eigenvalue weighted by molar-refractivity contribution is 7.89. The molecule has 1 aliphatic carbocycles. The number of H-pyrrole nitrogens is 1. The predicted molar refractivity (Wildman–Crippen MR) is 88.5 cm³/mol. The first-order valence-electron chi connectivity index (χ1n) is 7.48. The van der Waals surface area contributed by atoms with Crippen LogP contribution < -0.4 is 10.0 Å². The molecule has 0 radical (unpaired) electrons. The molecule has 126 valence electrons. The zero-order chi connectivity index (χ0) is 17.3. The van der Waals surface area contributed by atoms with Crippen molar-refractivity contribution in [2.75, 3.05) is 5.32 Å². The second-order valence-corrected chi connectivity index (χ2v) is 7.45. The van der Waals surface area contributed by atoms with Gasteiger partial charge in [0, 0.05) is 23.5 Å². The van der Waals surface area contributed by atoms with E-state index < -0.39 is 15.9 Å². The number of benzene rings is 1. The summed E-state index contributed by atoms with van der Waals surface area (Å²) in [6, 6.07) is 7.43. The maximum absolute atomic E-state index is 12.1. The third-order valence-corrected chi connectivity index (χ3v) is 5.19. The maximum atomic E-state index is 12.1. The number of carbonyl (C=O) groups excluding carboxylic acids is 2. The van der Waals surface area contributed by atoms with Gasteiger partial charge < -0.3 is 10.3 Å². The Labute approximate surface area is 139 Å². The first-order chi connectivity index (χ1) is 11.3. The number of Topliss-reactive ketones (excluding diaryl/α,β-unsaturated/α-hetero) is 1. The average molecular weight is 347 g/mol. The van der Waals surface area contributed by atoms with Gasteiger partial charge in [-0.15, -0.1) is 0 Å². The molecule has 1 fully saturated rings. The van der Waals surface area contributed by atoms with Crippen molar-refractivity contribution in [2.45, 2.75) is 30.7 Å². The van der Waals surface area contributed by atoms with Crippen molar-refractivity contribution in [1.29, 1.82) is 0 Å². The lowest BCUT2D eigenvalue weighted by atomic mass is 10.2. The van der Waals surface area contributed by atoms with E-state index in [1.54, 1.807) is 0 Å². The third kappa shape index (κ3) is 3.72. The number of hydrogen-bond donors (Lipinski definition) is 3. The average Bonchev–Trinajstić information content (AvgIpc) is 3.17. The second-order valence-electron chi connectivity index (χ2n) is 5.73. The fourth-order valence-corrected chi connectivity index (χ4v) is 3.44. The normalized spacial score (nSPS) is 14.4. The van der Waals surface area contributed by atoms with Gasteiger partial charge in [-0.1, -0.05) is 0 Å². The maximum Gasteiger partial charge on any atom is 0.272 e. The van der Waals surface area contributed by atoms with Gasteiger partial charge in [-0.3, -0.25) is 9.59 Å². The summed E-state index contributed by atoms with van der Waals surface area (Å²) < 4.78 is 26.7. The summed E-state index contributed by atoms with van der Waals surface area (Å²) in [5, 5.41) is 2.65. The van der Waals surface area contributed by atoms with Crippen molar-refractivity contribution in [3.8, 4) is 0 Å². The minimum Gasteiger partial charge on any atom is -0.356 e. The van der Waals surface area contributed by atoms with Crippen LogP contribution >= 0.6 is 0 Å². The Kier molecular flexibility index (Phi) is 4.25. The molecular weight excluding hydrogens is 330 g/mol. The summed E-state index contributed by atoms with van der Waals surface area (Å²) >= 11 is 0. The van der Waals surface area contributed by atoms with Gasteiger partial charge in [-0.05, 0) is 50.1 Å². The Bertz CT molecular complexity index is 880. The minimum atomic E-state index is -3.51. The van der Waals surface area contributed by atoms with E-state index in [1.807, 2.05) is 0 Å². The van der Waals surface area contributed by atoms with Crippen molar-refractivity contribution in [3.63, 3.8) is 0 Å². The van der Waals surface area contributed by atoms with Gasteiger partial charge in [-0.25, -0.2) is 13.1 Å². The minimum absolute atomic E-state index is 0.0396. The number of amides is 1. The molecule has 0 saturated heterocycles. The lowest BCUT2D eigenvalue weighted by Crippen LogP contribution is -2.25. The molecule has 3 rings (SSSR count). The Morgan fingerprint density at radius 2 is 1.83 bits per heavy atom. The fraction of sp³-hybridized carbons (Fsp3) is 0.250. The molecule has 0 bridgehead atoms. The van der Waals surface area contributed by atoms with Crippen molar-refractivity contribution in [1.82, 2.24) is 9.71 Å². The number of carbonyl (C=O) groups is 2. The monoisotopic (exact) mass is 347 g/mol. The second kappa shape index (κ2) is 6.21. The highest BCUT2D eigenvalue weighted by Crippen LogP contribution is 2.23. The fourth-order valence-electron chi connectivity index (χ4n) is 2.13. The van der Waals surface area contributed by atoms with Crippen LogP contribution in [0, 0.1) is 0 Å². The van der Waals surface area contributed by atoms with Gasteiger partial charge in [0.2, 0.25) is 10.0 Å². The summed E-state index contributed by atoms with van der Waals surface area (Å²) in [6.45, 7) is 1.42. The lowest BCUT2D eigenvalue weighted by molar-refractivity contribution is 0.101. The zero-order valence-electron chi connectivity index (χ0n) is 13.0. The summed E-state index contributed by atoms with van der Waals surface area (Å²) in [5.41, 5.74) is 1.14. The summed E-state index contributed by atoms with van der Waals surface area (Å²) in [4.78, 5) is 26.2. The Hall–Kier alpha value is -2.45. The number of nitrogens with one attached hydrogen (secondary N) is 3. The van der Waals surface area contributed by atoms with Crippen molar-refractivity contribution < 1.29 is 18.0 Å². The molecule has 1 saturated carbocycles. The molecule has 8 heteroatoms. The molecule has 0 aliphatic heterocycles. The molecule has 0 atom stereocenters. The van der Waals surface area contributed by atoms with Gasteiger partial charge in [0.05, 0.1) is 4.90 Å². The number of aromatic nitrogens is 1. The number of ketones is 1. The van der Waals surface area contributed by atoms with Crippen molar-refractivity contribution in [2.24, 2.45) is 0 Å². The molecule has 1 aliphatic rings. The molecule has 0 unspecified atom stereocenters. The number of rotatable bonds is 6. The standard InChI is InChI=1S/C16H17N3O4S/c1-10(20)11-8-15(17-9-11)16(21)18-12-4-6-14(7-5-12)24(22,23)19-13-2-3-13/h4-9,13,17,19H,2-3H2,1H3,(H,18,21). The van der Waals surface area contributed by atoms with Crippen LogP contribution in [0.1, 0.15) is 40.6 Å². The van der Waals surface area contributed by atoms with E-state index in [2.05, 4.69) is 15.0 Å². The van der Waals surface area contributed by atoms with Crippen LogP contribution in [-0.4, -0.2) is 31.1 Å². The largest absolute Gasteiger partial charge is 0.356 e. The quantitative estimate of drug-likeness (QED) is 0.694. The third-order valence-electron chi connectivity index (χ3n) is 3.66. The Balaban J connectivity index is 1.69. The number of sulfonamides is 1. The molecule has 24 heavy (non-hydrogen) atoms. The topological polar surface area (TPSA) is 108 Å². The van der Waals surface area contributed by atoms with Crippen LogP contribution in [0.4, 0.5) is 5.69 Å². The Morgan fingerprint density at radius 3 is 2.38 bits per heavy atom. The molecular formula is C16H17N3O4S. The van der Waals surface area contributed by atoms with E-state index in [0.717, 1.165) is 12.8 Å². The number of hydrogen-bond acceptors (Lipinski definition) is 4. The van der Waals surface area contributed by atoms with Crippen molar-refractivity contribution in [3.05, 3.63) is 47.8 Å². The van der Waals surface area contributed by atoms with E-state index in [9.17, 15) is 18.0 Å². The van der Waals surface area contributed by atoms with Crippen LogP contribution in [0.3, 0.4) is 0 Å². The van der Waals surface area contributed by atoms with Crippen molar-refractivity contribution >= 4 is 27.4 Å². The number of anilines is 1. The van der Waals surface area contributed by atoms with Gasteiger partial charge in [0.25, 0.3) is 5.91 Å². The highest BCUT2D eigenvalue weighted by atomic mass is 32.2. The molecule has 0 spiro atoms. The van der Waals surface area contributed by atoms with Gasteiger partial charge in [-0.2, -0.15) is 0 Å². The van der Waals surface area contributed by atoms with E-state index >= 15 is 0 Å². The first kappa shape index (κ1) is 16.4. The van der Waals surface area contributed by atoms with E-state index in [0.29, 0.717) is 11.3 Å². The SMILES string of the molecule is CC(=O)c1c[nH]c(C(=O)Nc2ccc(S(=O)(=O)NC3CC3)cc2)c1. The summed E-state index contributed by atoms with van der Waals surface area (Å²) in [7, 11) is -3.51. The molecule has 1 amide bonds. The molecule has 2 aromatic rings. The number of aromatic amines is 1. The van der Waals surface area contributed by atoms with Gasteiger partial charge in [0.15, 0.2) is 5.78 Å². The predicted octanol–water partition coefficient (Wildman–Crippen LogP) is 1.91. The van der Waals surface area contributed by atoms with E-state index in [4.69, 9.17) is 0 Å². The molecule has 3 N–H and O–H groups in total. The highest BCUT2D eigenvalue weighted by Gasteiger charge is 2.27. The van der Waals surface area contributed by atoms with Crippen LogP contribution in [0.25, 0.3) is 0 Å². The van der Waals surface area contributed by atoms with Crippen LogP contribution in [-0.2, 0) is 10.0 Å². The van der Waals surface area contributed by atoms with E-state index in [1.165, 1.54) is 43.5 Å². The van der Waals surface area contributed by atoms with Gasteiger partial charge in [0.1, 0.15) is 5.69 Å². The first-order valence-corrected chi connectivity index (χ1v) is 8.96. The van der Waals surface area contributed by atoms with Crippen LogP contribution in [0.15, 0.2) is 41.4 Å². The summed E-state index contributed by atoms with van der Waals surface area (Å²) in [5.74, 6) is -0.544. The molecule has 7 nitrogen and oxygen atoms in total.